The SMILES string of the molecule is CC(C)OC(C)(C)C.CC(C)OCC1CC1.CC(C)OCCO.CC(C)OC[C@@H](O)CO.CC(C)OC[C@H](O)CO.CCOC(C)C.COC(C)C. The minimum Gasteiger partial charge on any atom is -0.394 e. The van der Waals surface area contributed by atoms with Gasteiger partial charge in [0.2, 0.25) is 0 Å². The fraction of sp³-hybridized carbons (Fsp3) is 1.00. The number of hydrogen-bond donors (Lipinski definition) is 5. The first-order chi connectivity index (χ1) is 23.8. The van der Waals surface area contributed by atoms with Crippen LogP contribution in [-0.2, 0) is 33.2 Å². The highest BCUT2D eigenvalue weighted by Gasteiger charge is 2.21. The quantitative estimate of drug-likeness (QED) is 0.104. The smallest absolute Gasteiger partial charge is 0.100 e. The number of methoxy groups -OCH3 is 1. The number of ether oxygens (including phenoxy) is 7. The number of aliphatic hydroxyl groups excluding tert-OH is 5. The van der Waals surface area contributed by atoms with Crippen LogP contribution >= 0.6 is 0 Å². The fourth-order valence-electron chi connectivity index (χ4n) is 2.65. The summed E-state index contributed by atoms with van der Waals surface area (Å²) in [7, 11) is 1.70. The van der Waals surface area contributed by atoms with Gasteiger partial charge in [0.1, 0.15) is 12.2 Å². The summed E-state index contributed by atoms with van der Waals surface area (Å²) in [4.78, 5) is 0. The predicted octanol–water partition coefficient (Wildman–Crippen LogP) is 6.44. The zero-order valence-corrected chi connectivity index (χ0v) is 37.4. The predicted molar refractivity (Wildman–Crippen MR) is 215 cm³/mol. The maximum Gasteiger partial charge on any atom is 0.100 e. The fourth-order valence-corrected chi connectivity index (χ4v) is 2.65. The van der Waals surface area contributed by atoms with E-state index in [2.05, 4.69) is 34.6 Å². The summed E-state index contributed by atoms with van der Waals surface area (Å²) < 4.78 is 35.5. The molecule has 0 amide bonds. The highest BCUT2D eigenvalue weighted by molar-refractivity contribution is 4.72. The van der Waals surface area contributed by atoms with Gasteiger partial charge in [-0.3, -0.25) is 0 Å². The van der Waals surface area contributed by atoms with Gasteiger partial charge in [-0.2, -0.15) is 0 Å². The monoisotopic (exact) mass is 765 g/mol. The van der Waals surface area contributed by atoms with E-state index < -0.39 is 12.2 Å². The van der Waals surface area contributed by atoms with Crippen LogP contribution in [0.5, 0.6) is 0 Å². The van der Waals surface area contributed by atoms with Crippen LogP contribution in [0.3, 0.4) is 0 Å². The van der Waals surface area contributed by atoms with Gasteiger partial charge in [-0.05, 0) is 143 Å². The Labute approximate surface area is 322 Å². The van der Waals surface area contributed by atoms with Crippen molar-refractivity contribution >= 4 is 0 Å². The molecular formula is C40H92O12. The van der Waals surface area contributed by atoms with Crippen LogP contribution in [-0.4, -0.2) is 146 Å². The summed E-state index contributed by atoms with van der Waals surface area (Å²) in [5, 5.41) is 42.3. The Hall–Kier alpha value is -0.480. The van der Waals surface area contributed by atoms with E-state index in [4.69, 9.17) is 58.7 Å². The van der Waals surface area contributed by atoms with Gasteiger partial charge < -0.3 is 58.7 Å². The number of aliphatic hydroxyl groups is 5. The minimum absolute atomic E-state index is 0.0220. The molecule has 0 radical (unpaired) electrons. The highest BCUT2D eigenvalue weighted by atomic mass is 16.5. The van der Waals surface area contributed by atoms with Gasteiger partial charge in [-0.1, -0.05) is 0 Å². The molecule has 0 aromatic carbocycles. The van der Waals surface area contributed by atoms with Crippen LogP contribution in [0.25, 0.3) is 0 Å². The molecule has 324 valence electrons. The van der Waals surface area contributed by atoms with Crippen molar-refractivity contribution in [3.63, 3.8) is 0 Å². The molecule has 0 heterocycles. The second kappa shape index (κ2) is 44.9. The maximum absolute atomic E-state index is 8.73. The van der Waals surface area contributed by atoms with E-state index in [1.165, 1.54) is 12.8 Å². The van der Waals surface area contributed by atoms with Crippen molar-refractivity contribution in [1.82, 2.24) is 0 Å². The highest BCUT2D eigenvalue weighted by Crippen LogP contribution is 2.29. The lowest BCUT2D eigenvalue weighted by Gasteiger charge is -2.22. The lowest BCUT2D eigenvalue weighted by atomic mass is 10.2. The van der Waals surface area contributed by atoms with E-state index in [0.29, 0.717) is 31.0 Å². The average molecular weight is 765 g/mol. The van der Waals surface area contributed by atoms with Gasteiger partial charge in [0.15, 0.2) is 0 Å². The third-order valence-electron chi connectivity index (χ3n) is 5.13. The van der Waals surface area contributed by atoms with Crippen LogP contribution in [0.15, 0.2) is 0 Å². The lowest BCUT2D eigenvalue weighted by Crippen LogP contribution is -2.23. The Morgan fingerprint density at radius 2 is 0.885 bits per heavy atom. The molecule has 0 unspecified atom stereocenters. The first-order valence-electron chi connectivity index (χ1n) is 19.3. The summed E-state index contributed by atoms with van der Waals surface area (Å²) in [6.07, 6.45) is 3.36. The van der Waals surface area contributed by atoms with Gasteiger partial charge in [0.05, 0.1) is 88.0 Å². The molecule has 0 aromatic rings. The van der Waals surface area contributed by atoms with Crippen molar-refractivity contribution in [1.29, 1.82) is 0 Å². The molecule has 5 N–H and O–H groups in total. The molecule has 1 saturated carbocycles. The first-order valence-corrected chi connectivity index (χ1v) is 19.3. The van der Waals surface area contributed by atoms with Gasteiger partial charge in [-0.25, -0.2) is 0 Å². The van der Waals surface area contributed by atoms with Gasteiger partial charge in [-0.15, -0.1) is 0 Å². The molecule has 1 aliphatic rings. The average Bonchev–Trinajstić information content (AvgIpc) is 3.85. The van der Waals surface area contributed by atoms with Crippen LogP contribution in [0.4, 0.5) is 0 Å². The van der Waals surface area contributed by atoms with E-state index in [0.717, 1.165) is 19.1 Å². The molecule has 1 rings (SSSR count). The van der Waals surface area contributed by atoms with E-state index in [-0.39, 0.29) is 56.9 Å². The Morgan fingerprint density at radius 1 is 0.538 bits per heavy atom. The Morgan fingerprint density at radius 3 is 1.02 bits per heavy atom. The van der Waals surface area contributed by atoms with Crippen LogP contribution in [0.1, 0.15) is 137 Å². The summed E-state index contributed by atoms with van der Waals surface area (Å²) in [5.74, 6) is 0.914. The Bertz CT molecular complexity index is 600. The topological polar surface area (TPSA) is 166 Å². The van der Waals surface area contributed by atoms with Crippen molar-refractivity contribution < 1.29 is 58.7 Å². The summed E-state index contributed by atoms with van der Waals surface area (Å²) in [5.41, 5.74) is 0.0220. The third kappa shape index (κ3) is 92.4. The van der Waals surface area contributed by atoms with E-state index in [1.54, 1.807) is 7.11 Å². The van der Waals surface area contributed by atoms with Crippen molar-refractivity contribution in [2.24, 2.45) is 5.92 Å². The molecule has 1 fully saturated rings. The molecule has 1 aliphatic carbocycles. The molecule has 0 aromatic heterocycles. The van der Waals surface area contributed by atoms with E-state index in [9.17, 15) is 0 Å². The van der Waals surface area contributed by atoms with Crippen molar-refractivity contribution in [3.8, 4) is 0 Å². The minimum atomic E-state index is -0.729. The molecule has 2 atom stereocenters. The standard InChI is InChI=1S/C7H14O.C7H16O.2C6H14O3.C5H12O2.C5H12O.C4H10O/c1-6(2)8-5-7-3-4-7;1-6(2)8-7(3,4)5;2*1-5(2)9-4-6(8)3-7;1-5(2)7-4-3-6;1-4-6-5(2)3;1-4(2)5-3/h6-7H,3-5H2,1-2H3;6H,1-5H3;2*5-8H,3-4H2,1-2H3;5-6H,3-4H2,1-2H3;5H,4H2,1-3H3;4H,1-3H3/t;;2*6-;;;/m..10.../s1. The first kappa shape index (κ1) is 63.5. The van der Waals surface area contributed by atoms with Gasteiger partial charge >= 0.3 is 0 Å². The zero-order valence-electron chi connectivity index (χ0n) is 37.4. The molecule has 12 nitrogen and oxygen atoms in total. The molecule has 0 aliphatic heterocycles. The second-order valence-electron chi connectivity index (χ2n) is 15.0. The zero-order chi connectivity index (χ0) is 42.3. The number of hydrogen-bond acceptors (Lipinski definition) is 12. The molecule has 0 saturated heterocycles. The van der Waals surface area contributed by atoms with Gasteiger partial charge in [0, 0.05) is 20.3 Å². The molecular weight excluding hydrogens is 672 g/mol. The maximum atomic E-state index is 8.73. The third-order valence-corrected chi connectivity index (χ3v) is 5.13. The van der Waals surface area contributed by atoms with Crippen molar-refractivity contribution in [3.05, 3.63) is 0 Å². The van der Waals surface area contributed by atoms with Crippen LogP contribution in [0.2, 0.25) is 0 Å². The molecule has 52 heavy (non-hydrogen) atoms. The van der Waals surface area contributed by atoms with E-state index >= 15 is 0 Å². The van der Waals surface area contributed by atoms with Crippen molar-refractivity contribution in [2.45, 2.75) is 198 Å². The summed E-state index contributed by atoms with van der Waals surface area (Å²) in [6.45, 7) is 38.3. The Kier molecular flexibility index (Phi) is 54.8. The summed E-state index contributed by atoms with van der Waals surface area (Å²) >= 11 is 0. The normalized spacial score (nSPS) is 13.4. The Balaban J connectivity index is -0.000000120. The van der Waals surface area contributed by atoms with E-state index in [1.807, 2.05) is 90.0 Å². The second-order valence-corrected chi connectivity index (χ2v) is 15.0. The molecule has 12 heteroatoms. The molecule has 0 spiro atoms. The lowest BCUT2D eigenvalue weighted by molar-refractivity contribution is -0.0424. The van der Waals surface area contributed by atoms with Crippen molar-refractivity contribution in [2.75, 3.05) is 60.0 Å². The summed E-state index contributed by atoms with van der Waals surface area (Å²) in [6, 6.07) is 0. The number of rotatable bonds is 18. The molecule has 0 bridgehead atoms. The largest absolute Gasteiger partial charge is 0.394 e. The van der Waals surface area contributed by atoms with Crippen LogP contribution < -0.4 is 0 Å². The van der Waals surface area contributed by atoms with Crippen LogP contribution in [0, 0.1) is 5.92 Å². The van der Waals surface area contributed by atoms with Gasteiger partial charge in [0.25, 0.3) is 0 Å².